The predicted octanol–water partition coefficient (Wildman–Crippen LogP) is 3.39. The lowest BCUT2D eigenvalue weighted by Crippen LogP contribution is -2.50. The molecule has 4 heterocycles. The first-order valence-electron chi connectivity index (χ1n) is 13.0. The van der Waals surface area contributed by atoms with E-state index in [2.05, 4.69) is 38.4 Å². The number of benzene rings is 1. The summed E-state index contributed by atoms with van der Waals surface area (Å²) in [5, 5.41) is 13.9. The van der Waals surface area contributed by atoms with Gasteiger partial charge in [-0.05, 0) is 72.5 Å². The molecule has 1 N–H and O–H groups in total. The number of aromatic amines is 1. The van der Waals surface area contributed by atoms with E-state index in [0.29, 0.717) is 43.3 Å². The van der Waals surface area contributed by atoms with Gasteiger partial charge in [0.25, 0.3) is 11.5 Å². The van der Waals surface area contributed by atoms with E-state index in [-0.39, 0.29) is 17.5 Å². The Labute approximate surface area is 214 Å². The van der Waals surface area contributed by atoms with Gasteiger partial charge in [-0.15, -0.1) is 5.10 Å². The van der Waals surface area contributed by atoms with Crippen molar-refractivity contribution >= 4 is 16.8 Å². The number of carbonyl (C=O) groups excluding carboxylic acids is 1. The Morgan fingerprint density at radius 1 is 1.11 bits per heavy atom. The summed E-state index contributed by atoms with van der Waals surface area (Å²) in [5.41, 5.74) is 3.52. The molecule has 10 nitrogen and oxygen atoms in total. The lowest BCUT2D eigenvalue weighted by molar-refractivity contribution is 0.0557. The molecule has 192 valence electrons. The van der Waals surface area contributed by atoms with Crippen LogP contribution in [0.25, 0.3) is 10.9 Å². The van der Waals surface area contributed by atoms with Crippen molar-refractivity contribution in [2.75, 3.05) is 26.2 Å². The summed E-state index contributed by atoms with van der Waals surface area (Å²) in [7, 11) is 0. The minimum Gasteiger partial charge on any atom is -0.459 e. The normalized spacial score (nSPS) is 18.1. The number of aromatic nitrogens is 5. The Balaban J connectivity index is 1.39. The van der Waals surface area contributed by atoms with Crippen molar-refractivity contribution in [1.82, 2.24) is 35.0 Å². The molecule has 1 saturated carbocycles. The molecular weight excluding hydrogens is 470 g/mol. The van der Waals surface area contributed by atoms with Crippen molar-refractivity contribution in [3.63, 3.8) is 0 Å². The summed E-state index contributed by atoms with van der Waals surface area (Å²) in [6.07, 6.45) is 5.87. The lowest BCUT2D eigenvalue weighted by atomic mass is 9.99. The van der Waals surface area contributed by atoms with E-state index in [1.54, 1.807) is 17.0 Å². The number of piperazine rings is 1. The molecule has 10 heteroatoms. The molecule has 6 rings (SSSR count). The van der Waals surface area contributed by atoms with Gasteiger partial charge in [-0.1, -0.05) is 18.9 Å². The van der Waals surface area contributed by atoms with Crippen LogP contribution in [0.4, 0.5) is 0 Å². The molecule has 1 aliphatic heterocycles. The van der Waals surface area contributed by atoms with Crippen molar-refractivity contribution in [3.8, 4) is 0 Å². The molecule has 1 saturated heterocycles. The first-order valence-corrected chi connectivity index (χ1v) is 13.0. The average Bonchev–Trinajstić information content (AvgIpc) is 3.67. The van der Waals surface area contributed by atoms with Crippen molar-refractivity contribution in [3.05, 3.63) is 75.2 Å². The molecule has 37 heavy (non-hydrogen) atoms. The molecule has 0 radical (unpaired) electrons. The SMILES string of the molecule is Cc1cc(C)c2cc(C(c3nnnn3C3CCCC3)N3CCN(C(=O)c4ccco4)CC3)c(=O)[nH]c2c1. The minimum absolute atomic E-state index is 0.119. The van der Waals surface area contributed by atoms with Gasteiger partial charge in [0, 0.05) is 42.6 Å². The maximum Gasteiger partial charge on any atom is 0.289 e. The number of nitrogens with one attached hydrogen (secondary N) is 1. The highest BCUT2D eigenvalue weighted by Gasteiger charge is 2.35. The molecule has 2 aliphatic rings. The Morgan fingerprint density at radius 3 is 2.62 bits per heavy atom. The van der Waals surface area contributed by atoms with Gasteiger partial charge in [0.2, 0.25) is 0 Å². The zero-order chi connectivity index (χ0) is 25.5. The molecule has 1 atom stereocenters. The third-order valence-corrected chi connectivity index (χ3v) is 7.77. The Kier molecular flexibility index (Phi) is 6.11. The number of pyridine rings is 1. The molecule has 3 aromatic heterocycles. The van der Waals surface area contributed by atoms with Crippen LogP contribution in [-0.2, 0) is 0 Å². The molecule has 4 aromatic rings. The van der Waals surface area contributed by atoms with Gasteiger partial charge in [-0.3, -0.25) is 14.5 Å². The molecule has 1 amide bonds. The third-order valence-electron chi connectivity index (χ3n) is 7.77. The second-order valence-electron chi connectivity index (χ2n) is 10.2. The highest BCUT2D eigenvalue weighted by molar-refractivity contribution is 5.91. The summed E-state index contributed by atoms with van der Waals surface area (Å²) in [5.74, 6) is 0.908. The quantitative estimate of drug-likeness (QED) is 0.446. The number of rotatable bonds is 5. The number of H-pyrrole nitrogens is 1. The van der Waals surface area contributed by atoms with Crippen LogP contribution in [0, 0.1) is 13.8 Å². The molecular formula is C27H31N7O3. The number of amides is 1. The zero-order valence-corrected chi connectivity index (χ0v) is 21.2. The number of nitrogens with zero attached hydrogens (tertiary/aromatic N) is 6. The van der Waals surface area contributed by atoms with Crippen LogP contribution >= 0.6 is 0 Å². The van der Waals surface area contributed by atoms with Crippen molar-refractivity contribution in [2.45, 2.75) is 51.6 Å². The van der Waals surface area contributed by atoms with Crippen molar-refractivity contribution < 1.29 is 9.21 Å². The van der Waals surface area contributed by atoms with Crippen LogP contribution in [0.5, 0.6) is 0 Å². The van der Waals surface area contributed by atoms with Crippen molar-refractivity contribution in [2.24, 2.45) is 0 Å². The van der Waals surface area contributed by atoms with E-state index in [1.807, 2.05) is 23.7 Å². The standard InChI is InChI=1S/C27H31N7O3/c1-17-14-18(2)20-16-21(26(35)28-22(20)15-17)24(25-29-30-31-34(25)19-6-3-4-7-19)32-9-11-33(12-10-32)27(36)23-8-5-13-37-23/h5,8,13-16,19,24H,3-4,6-7,9-12H2,1-2H3,(H,28,35). The maximum atomic E-state index is 13.6. The Morgan fingerprint density at radius 2 is 1.89 bits per heavy atom. The number of tetrazole rings is 1. The van der Waals surface area contributed by atoms with Crippen LogP contribution in [0.15, 0.2) is 45.8 Å². The summed E-state index contributed by atoms with van der Waals surface area (Å²) in [4.78, 5) is 33.6. The van der Waals surface area contributed by atoms with E-state index >= 15 is 0 Å². The number of fused-ring (bicyclic) bond motifs is 1. The topological polar surface area (TPSA) is 113 Å². The molecule has 2 fully saturated rings. The first-order chi connectivity index (χ1) is 18.0. The lowest BCUT2D eigenvalue weighted by Gasteiger charge is -2.38. The number of aryl methyl sites for hydroxylation is 2. The third kappa shape index (κ3) is 4.35. The molecule has 1 aromatic carbocycles. The maximum absolute atomic E-state index is 13.6. The number of carbonyl (C=O) groups is 1. The monoisotopic (exact) mass is 501 g/mol. The van der Waals surface area contributed by atoms with E-state index in [9.17, 15) is 9.59 Å². The van der Waals surface area contributed by atoms with Crippen LogP contribution in [0.1, 0.15) is 70.8 Å². The molecule has 1 aliphatic carbocycles. The first kappa shape index (κ1) is 23.6. The average molecular weight is 502 g/mol. The van der Waals surface area contributed by atoms with Gasteiger partial charge in [-0.2, -0.15) is 0 Å². The number of hydrogen-bond acceptors (Lipinski definition) is 7. The van der Waals surface area contributed by atoms with Gasteiger partial charge >= 0.3 is 0 Å². The largest absolute Gasteiger partial charge is 0.459 e. The van der Waals surface area contributed by atoms with Crippen LogP contribution in [-0.4, -0.2) is 67.1 Å². The highest BCUT2D eigenvalue weighted by atomic mass is 16.3. The zero-order valence-electron chi connectivity index (χ0n) is 21.2. The van der Waals surface area contributed by atoms with E-state index in [0.717, 1.165) is 47.7 Å². The van der Waals surface area contributed by atoms with E-state index < -0.39 is 6.04 Å². The van der Waals surface area contributed by atoms with E-state index in [1.165, 1.54) is 6.26 Å². The van der Waals surface area contributed by atoms with Crippen LogP contribution in [0.2, 0.25) is 0 Å². The highest BCUT2D eigenvalue weighted by Crippen LogP contribution is 2.34. The fourth-order valence-electron chi connectivity index (χ4n) is 5.92. The Hall–Kier alpha value is -3.79. The second kappa shape index (κ2) is 9.59. The molecule has 1 unspecified atom stereocenters. The minimum atomic E-state index is -0.426. The second-order valence-corrected chi connectivity index (χ2v) is 10.2. The smallest absolute Gasteiger partial charge is 0.289 e. The Bertz CT molecular complexity index is 1480. The van der Waals surface area contributed by atoms with Gasteiger partial charge < -0.3 is 14.3 Å². The van der Waals surface area contributed by atoms with E-state index in [4.69, 9.17) is 4.42 Å². The number of furan rings is 1. The van der Waals surface area contributed by atoms with Gasteiger partial charge in [0.05, 0.1) is 12.3 Å². The molecule has 0 spiro atoms. The van der Waals surface area contributed by atoms with Crippen molar-refractivity contribution in [1.29, 1.82) is 0 Å². The fourth-order valence-corrected chi connectivity index (χ4v) is 5.92. The fraction of sp³-hybridized carbons (Fsp3) is 0.444. The molecule has 0 bridgehead atoms. The summed E-state index contributed by atoms with van der Waals surface area (Å²) in [6, 6.07) is 9.35. The van der Waals surface area contributed by atoms with Crippen LogP contribution < -0.4 is 5.56 Å². The predicted molar refractivity (Wildman–Crippen MR) is 137 cm³/mol. The van der Waals surface area contributed by atoms with Gasteiger partial charge in [-0.25, -0.2) is 4.68 Å². The van der Waals surface area contributed by atoms with Crippen LogP contribution in [0.3, 0.4) is 0 Å². The summed E-state index contributed by atoms with van der Waals surface area (Å²) in [6.45, 7) is 6.29. The summed E-state index contributed by atoms with van der Waals surface area (Å²) >= 11 is 0. The van der Waals surface area contributed by atoms with Gasteiger partial charge in [0.1, 0.15) is 6.04 Å². The van der Waals surface area contributed by atoms with Gasteiger partial charge in [0.15, 0.2) is 11.6 Å². The number of hydrogen-bond donors (Lipinski definition) is 1. The summed E-state index contributed by atoms with van der Waals surface area (Å²) < 4.78 is 7.25.